The zero-order valence-electron chi connectivity index (χ0n) is 13.7. The molecule has 118 valence electrons. The van der Waals surface area contributed by atoms with Crippen LogP contribution in [0.3, 0.4) is 0 Å². The van der Waals surface area contributed by atoms with Gasteiger partial charge >= 0.3 is 0 Å². The van der Waals surface area contributed by atoms with Crippen molar-refractivity contribution in [3.63, 3.8) is 0 Å². The van der Waals surface area contributed by atoms with Gasteiger partial charge in [0.25, 0.3) is 0 Å². The molecule has 0 aliphatic heterocycles. The normalized spacial score (nSPS) is 16.1. The Morgan fingerprint density at radius 3 is 2.77 bits per heavy atom. The van der Waals surface area contributed by atoms with Gasteiger partial charge in [0, 0.05) is 30.0 Å². The summed E-state index contributed by atoms with van der Waals surface area (Å²) in [6.45, 7) is 5.37. The van der Waals surface area contributed by atoms with Gasteiger partial charge < -0.3 is 5.32 Å². The fraction of sp³-hybridized carbons (Fsp3) is 0.526. The van der Waals surface area contributed by atoms with Crippen molar-refractivity contribution in [2.45, 2.75) is 58.4 Å². The molecule has 0 amide bonds. The number of aryl methyl sites for hydroxylation is 2. The van der Waals surface area contributed by atoms with Crippen LogP contribution in [0.15, 0.2) is 23.6 Å². The fourth-order valence-electron chi connectivity index (χ4n) is 3.34. The maximum atomic E-state index is 4.83. The van der Waals surface area contributed by atoms with Gasteiger partial charge in [-0.1, -0.05) is 43.0 Å². The minimum absolute atomic E-state index is 0.743. The largest absolute Gasteiger partial charge is 0.314 e. The Morgan fingerprint density at radius 2 is 2.00 bits per heavy atom. The van der Waals surface area contributed by atoms with Gasteiger partial charge in [-0.3, -0.25) is 0 Å². The number of nitrogens with one attached hydrogen (secondary N) is 1. The summed E-state index contributed by atoms with van der Waals surface area (Å²) in [5.41, 5.74) is 5.04. The Kier molecular flexibility index (Phi) is 5.27. The first-order chi connectivity index (χ1) is 10.7. The SMILES string of the molecule is Cc1ccc(-c2csc(CCNC3CCCCC3)n2)c(C)c1. The van der Waals surface area contributed by atoms with Crippen LogP contribution in [0, 0.1) is 13.8 Å². The van der Waals surface area contributed by atoms with E-state index < -0.39 is 0 Å². The Morgan fingerprint density at radius 1 is 1.18 bits per heavy atom. The maximum absolute atomic E-state index is 4.83. The molecule has 22 heavy (non-hydrogen) atoms. The lowest BCUT2D eigenvalue weighted by molar-refractivity contribution is 0.375. The van der Waals surface area contributed by atoms with E-state index in [1.165, 1.54) is 53.8 Å². The number of aromatic nitrogens is 1. The molecule has 3 heteroatoms. The van der Waals surface area contributed by atoms with Crippen LogP contribution >= 0.6 is 11.3 Å². The Bertz CT molecular complexity index is 612. The van der Waals surface area contributed by atoms with Crippen molar-refractivity contribution in [2.75, 3.05) is 6.54 Å². The summed E-state index contributed by atoms with van der Waals surface area (Å²) in [7, 11) is 0. The fourth-order valence-corrected chi connectivity index (χ4v) is 4.14. The topological polar surface area (TPSA) is 24.9 Å². The van der Waals surface area contributed by atoms with E-state index in [1.54, 1.807) is 11.3 Å². The molecule has 1 aromatic carbocycles. The molecule has 1 N–H and O–H groups in total. The molecule has 1 fully saturated rings. The summed E-state index contributed by atoms with van der Waals surface area (Å²) in [5.74, 6) is 0. The zero-order valence-corrected chi connectivity index (χ0v) is 14.5. The Balaban J connectivity index is 1.56. The molecule has 0 bridgehead atoms. The van der Waals surface area contributed by atoms with Gasteiger partial charge in [0.15, 0.2) is 0 Å². The molecule has 1 aromatic heterocycles. The summed E-state index contributed by atoms with van der Waals surface area (Å²) in [6.07, 6.45) is 7.96. The van der Waals surface area contributed by atoms with E-state index in [0.29, 0.717) is 0 Å². The first-order valence-corrected chi connectivity index (χ1v) is 9.36. The molecule has 2 nitrogen and oxygen atoms in total. The van der Waals surface area contributed by atoms with Crippen LogP contribution in [0.4, 0.5) is 0 Å². The van der Waals surface area contributed by atoms with Gasteiger partial charge in [-0.15, -0.1) is 11.3 Å². The molecule has 0 saturated heterocycles. The van der Waals surface area contributed by atoms with Crippen molar-refractivity contribution in [3.8, 4) is 11.3 Å². The van der Waals surface area contributed by atoms with Crippen LogP contribution in [0.2, 0.25) is 0 Å². The lowest BCUT2D eigenvalue weighted by Gasteiger charge is -2.22. The molecule has 1 saturated carbocycles. The molecule has 0 spiro atoms. The van der Waals surface area contributed by atoms with Crippen molar-refractivity contribution in [2.24, 2.45) is 0 Å². The molecule has 0 unspecified atom stereocenters. The van der Waals surface area contributed by atoms with Gasteiger partial charge in [0.1, 0.15) is 0 Å². The van der Waals surface area contributed by atoms with Crippen LogP contribution in [-0.2, 0) is 6.42 Å². The smallest absolute Gasteiger partial charge is 0.0945 e. The molecule has 3 rings (SSSR count). The molecular formula is C19H26N2S. The molecule has 0 radical (unpaired) electrons. The van der Waals surface area contributed by atoms with E-state index >= 15 is 0 Å². The first-order valence-electron chi connectivity index (χ1n) is 8.48. The highest BCUT2D eigenvalue weighted by molar-refractivity contribution is 7.09. The highest BCUT2D eigenvalue weighted by Gasteiger charge is 2.13. The summed E-state index contributed by atoms with van der Waals surface area (Å²) >= 11 is 1.79. The predicted octanol–water partition coefficient (Wildman–Crippen LogP) is 4.89. The second kappa shape index (κ2) is 7.38. The average molecular weight is 314 g/mol. The predicted molar refractivity (Wildman–Crippen MR) is 95.6 cm³/mol. The molecule has 1 aliphatic rings. The molecule has 0 atom stereocenters. The standard InChI is InChI=1S/C19H26N2S/c1-14-8-9-17(15(2)12-14)18-13-22-19(21-18)10-11-20-16-6-4-3-5-7-16/h8-9,12-13,16,20H,3-7,10-11H2,1-2H3. The van der Waals surface area contributed by atoms with Crippen LogP contribution in [0.25, 0.3) is 11.3 Å². The zero-order chi connectivity index (χ0) is 15.4. The van der Waals surface area contributed by atoms with Crippen molar-refractivity contribution >= 4 is 11.3 Å². The summed E-state index contributed by atoms with van der Waals surface area (Å²) < 4.78 is 0. The Labute approximate surface area is 138 Å². The quantitative estimate of drug-likeness (QED) is 0.849. The van der Waals surface area contributed by atoms with Crippen molar-refractivity contribution < 1.29 is 0 Å². The van der Waals surface area contributed by atoms with Gasteiger partial charge in [0.2, 0.25) is 0 Å². The highest BCUT2D eigenvalue weighted by atomic mass is 32.1. The molecule has 1 aliphatic carbocycles. The molecular weight excluding hydrogens is 288 g/mol. The second-order valence-corrected chi connectivity index (χ2v) is 7.43. The lowest BCUT2D eigenvalue weighted by Crippen LogP contribution is -2.32. The van der Waals surface area contributed by atoms with E-state index in [2.05, 4.69) is 42.7 Å². The lowest BCUT2D eigenvalue weighted by atomic mass is 9.95. The third kappa shape index (κ3) is 3.96. The number of rotatable bonds is 5. The number of thiazole rings is 1. The summed E-state index contributed by atoms with van der Waals surface area (Å²) in [5, 5.41) is 7.16. The maximum Gasteiger partial charge on any atom is 0.0945 e. The van der Waals surface area contributed by atoms with Gasteiger partial charge in [-0.2, -0.15) is 0 Å². The molecule has 2 aromatic rings. The van der Waals surface area contributed by atoms with Crippen molar-refractivity contribution in [1.29, 1.82) is 0 Å². The first kappa shape index (κ1) is 15.7. The van der Waals surface area contributed by atoms with Crippen LogP contribution < -0.4 is 5.32 Å². The summed E-state index contributed by atoms with van der Waals surface area (Å²) in [4.78, 5) is 4.83. The monoisotopic (exact) mass is 314 g/mol. The number of nitrogens with zero attached hydrogens (tertiary/aromatic N) is 1. The highest BCUT2D eigenvalue weighted by Crippen LogP contribution is 2.26. The van der Waals surface area contributed by atoms with Crippen molar-refractivity contribution in [3.05, 3.63) is 39.7 Å². The molecule has 1 heterocycles. The third-order valence-corrected chi connectivity index (χ3v) is 5.50. The van der Waals surface area contributed by atoms with Gasteiger partial charge in [-0.05, 0) is 32.3 Å². The third-order valence-electron chi connectivity index (χ3n) is 4.59. The number of benzene rings is 1. The van der Waals surface area contributed by atoms with E-state index in [4.69, 9.17) is 4.98 Å². The van der Waals surface area contributed by atoms with E-state index in [-0.39, 0.29) is 0 Å². The number of hydrogen-bond acceptors (Lipinski definition) is 3. The average Bonchev–Trinajstić information content (AvgIpc) is 2.97. The van der Waals surface area contributed by atoms with Gasteiger partial charge in [0.05, 0.1) is 10.7 Å². The van der Waals surface area contributed by atoms with E-state index in [1.807, 2.05) is 0 Å². The van der Waals surface area contributed by atoms with E-state index in [0.717, 1.165) is 24.7 Å². The van der Waals surface area contributed by atoms with Crippen LogP contribution in [-0.4, -0.2) is 17.6 Å². The second-order valence-electron chi connectivity index (χ2n) is 6.48. The Hall–Kier alpha value is -1.19. The van der Waals surface area contributed by atoms with Crippen molar-refractivity contribution in [1.82, 2.24) is 10.3 Å². The van der Waals surface area contributed by atoms with Crippen LogP contribution in [0.1, 0.15) is 48.2 Å². The van der Waals surface area contributed by atoms with Crippen LogP contribution in [0.5, 0.6) is 0 Å². The van der Waals surface area contributed by atoms with Gasteiger partial charge in [-0.25, -0.2) is 4.98 Å². The minimum atomic E-state index is 0.743. The van der Waals surface area contributed by atoms with E-state index in [9.17, 15) is 0 Å². The summed E-state index contributed by atoms with van der Waals surface area (Å²) in [6, 6.07) is 7.35. The number of hydrogen-bond donors (Lipinski definition) is 1. The minimum Gasteiger partial charge on any atom is -0.314 e.